The lowest BCUT2D eigenvalue weighted by atomic mass is 9.84. The standard InChI is InChI=1S/C17H24N2O3S/c18-23(21,22)14-6-4-13(5-7-14)8-11-19-16(20)15-12-17(15)9-2-1-3-10-17/h4-7,15H,1-3,8-12H2,(H,19,20)(H2,18,21,22)/t15-/m1/s1. The van der Waals surface area contributed by atoms with Gasteiger partial charge in [-0.1, -0.05) is 31.4 Å². The molecule has 1 aromatic carbocycles. The molecule has 3 rings (SSSR count). The minimum absolute atomic E-state index is 0.113. The molecule has 1 spiro atoms. The molecule has 0 unspecified atom stereocenters. The number of hydrogen-bond acceptors (Lipinski definition) is 3. The highest BCUT2D eigenvalue weighted by atomic mass is 32.2. The molecule has 1 aromatic rings. The van der Waals surface area contributed by atoms with Crippen LogP contribution in [0.25, 0.3) is 0 Å². The molecule has 23 heavy (non-hydrogen) atoms. The Hall–Kier alpha value is -1.40. The van der Waals surface area contributed by atoms with E-state index in [0.717, 1.165) is 12.0 Å². The third kappa shape index (κ3) is 3.75. The van der Waals surface area contributed by atoms with E-state index in [-0.39, 0.29) is 16.7 Å². The number of nitrogens with two attached hydrogens (primary N) is 1. The fourth-order valence-electron chi connectivity index (χ4n) is 3.83. The number of carbonyl (C=O) groups is 1. The third-order valence-electron chi connectivity index (χ3n) is 5.32. The molecule has 2 aliphatic rings. The Kier molecular flexibility index (Phi) is 4.47. The molecule has 0 bridgehead atoms. The Morgan fingerprint density at radius 3 is 2.43 bits per heavy atom. The number of primary sulfonamides is 1. The highest BCUT2D eigenvalue weighted by molar-refractivity contribution is 7.89. The van der Waals surface area contributed by atoms with Crippen LogP contribution in [-0.4, -0.2) is 20.9 Å². The molecule has 0 saturated heterocycles. The van der Waals surface area contributed by atoms with Crippen LogP contribution >= 0.6 is 0 Å². The fraction of sp³-hybridized carbons (Fsp3) is 0.588. The first kappa shape index (κ1) is 16.5. The first-order valence-electron chi connectivity index (χ1n) is 8.30. The van der Waals surface area contributed by atoms with Crippen LogP contribution < -0.4 is 10.5 Å². The second kappa shape index (κ2) is 6.24. The normalized spacial score (nSPS) is 22.7. The van der Waals surface area contributed by atoms with Crippen molar-refractivity contribution in [3.8, 4) is 0 Å². The van der Waals surface area contributed by atoms with E-state index in [2.05, 4.69) is 5.32 Å². The van der Waals surface area contributed by atoms with Gasteiger partial charge in [0.2, 0.25) is 15.9 Å². The van der Waals surface area contributed by atoms with Gasteiger partial charge in [-0.25, -0.2) is 13.6 Å². The van der Waals surface area contributed by atoms with E-state index in [1.165, 1.54) is 44.2 Å². The van der Waals surface area contributed by atoms with Crippen molar-refractivity contribution in [1.82, 2.24) is 5.32 Å². The van der Waals surface area contributed by atoms with Crippen molar-refractivity contribution in [2.75, 3.05) is 6.54 Å². The lowest BCUT2D eigenvalue weighted by Crippen LogP contribution is -2.29. The zero-order chi connectivity index (χ0) is 16.5. The topological polar surface area (TPSA) is 89.3 Å². The van der Waals surface area contributed by atoms with Crippen molar-refractivity contribution in [3.05, 3.63) is 29.8 Å². The Morgan fingerprint density at radius 1 is 1.17 bits per heavy atom. The highest BCUT2D eigenvalue weighted by Crippen LogP contribution is 2.61. The maximum atomic E-state index is 12.2. The second-order valence-corrected chi connectivity index (χ2v) is 8.47. The van der Waals surface area contributed by atoms with Gasteiger partial charge < -0.3 is 5.32 Å². The fourth-order valence-corrected chi connectivity index (χ4v) is 4.34. The average Bonchev–Trinajstić information content (AvgIpc) is 3.21. The Labute approximate surface area is 137 Å². The highest BCUT2D eigenvalue weighted by Gasteiger charge is 2.57. The maximum absolute atomic E-state index is 12.2. The summed E-state index contributed by atoms with van der Waals surface area (Å²) in [6.07, 6.45) is 8.00. The van der Waals surface area contributed by atoms with Gasteiger partial charge in [0.25, 0.3) is 0 Å². The molecular formula is C17H24N2O3S. The number of amides is 1. The smallest absolute Gasteiger partial charge is 0.238 e. The van der Waals surface area contributed by atoms with Gasteiger partial charge in [0.15, 0.2) is 0 Å². The number of sulfonamides is 1. The number of carbonyl (C=O) groups excluding carboxylic acids is 1. The van der Waals surface area contributed by atoms with Gasteiger partial charge in [-0.3, -0.25) is 4.79 Å². The van der Waals surface area contributed by atoms with Crippen molar-refractivity contribution in [3.63, 3.8) is 0 Å². The monoisotopic (exact) mass is 336 g/mol. The van der Waals surface area contributed by atoms with Crippen LogP contribution in [0.5, 0.6) is 0 Å². The van der Waals surface area contributed by atoms with Gasteiger partial charge in [-0.15, -0.1) is 0 Å². The number of hydrogen-bond donors (Lipinski definition) is 2. The molecule has 2 fully saturated rings. The van der Waals surface area contributed by atoms with Crippen LogP contribution in [0.3, 0.4) is 0 Å². The largest absolute Gasteiger partial charge is 0.356 e. The minimum Gasteiger partial charge on any atom is -0.356 e. The summed E-state index contributed by atoms with van der Waals surface area (Å²) in [6, 6.07) is 6.49. The van der Waals surface area contributed by atoms with E-state index >= 15 is 0 Å². The molecule has 0 aromatic heterocycles. The van der Waals surface area contributed by atoms with Crippen LogP contribution in [0.15, 0.2) is 29.2 Å². The summed E-state index contributed by atoms with van der Waals surface area (Å²) in [4.78, 5) is 12.4. The quantitative estimate of drug-likeness (QED) is 0.861. The van der Waals surface area contributed by atoms with Crippen molar-refractivity contribution < 1.29 is 13.2 Å². The summed E-state index contributed by atoms with van der Waals surface area (Å²) in [5.41, 5.74) is 1.31. The first-order valence-corrected chi connectivity index (χ1v) is 9.85. The van der Waals surface area contributed by atoms with Gasteiger partial charge in [-0.05, 0) is 48.8 Å². The van der Waals surface area contributed by atoms with Crippen molar-refractivity contribution in [2.24, 2.45) is 16.5 Å². The number of nitrogens with one attached hydrogen (secondary N) is 1. The Bertz CT molecular complexity index is 676. The summed E-state index contributed by atoms with van der Waals surface area (Å²) in [5, 5.41) is 8.10. The minimum atomic E-state index is -3.64. The van der Waals surface area contributed by atoms with Gasteiger partial charge in [-0.2, -0.15) is 0 Å². The van der Waals surface area contributed by atoms with E-state index in [1.807, 2.05) is 0 Å². The van der Waals surface area contributed by atoms with Crippen molar-refractivity contribution in [1.29, 1.82) is 0 Å². The predicted molar refractivity (Wildman–Crippen MR) is 88.2 cm³/mol. The molecule has 126 valence electrons. The van der Waals surface area contributed by atoms with Gasteiger partial charge >= 0.3 is 0 Å². The van der Waals surface area contributed by atoms with Crippen molar-refractivity contribution >= 4 is 15.9 Å². The molecule has 5 nitrogen and oxygen atoms in total. The van der Waals surface area contributed by atoms with Crippen LogP contribution in [0.4, 0.5) is 0 Å². The third-order valence-corrected chi connectivity index (χ3v) is 6.25. The molecule has 3 N–H and O–H groups in total. The predicted octanol–water partition coefficient (Wildman–Crippen LogP) is 1.96. The lowest BCUT2D eigenvalue weighted by molar-refractivity contribution is -0.123. The summed E-state index contributed by atoms with van der Waals surface area (Å²) in [5.74, 6) is 0.403. The first-order chi connectivity index (χ1) is 10.9. The van der Waals surface area contributed by atoms with E-state index in [0.29, 0.717) is 18.4 Å². The lowest BCUT2D eigenvalue weighted by Gasteiger charge is -2.22. The second-order valence-electron chi connectivity index (χ2n) is 6.91. The van der Waals surface area contributed by atoms with Gasteiger partial charge in [0, 0.05) is 12.5 Å². The van der Waals surface area contributed by atoms with Gasteiger partial charge in [0.05, 0.1) is 4.90 Å². The molecule has 2 aliphatic carbocycles. The van der Waals surface area contributed by atoms with Crippen LogP contribution in [0.2, 0.25) is 0 Å². The number of rotatable bonds is 5. The summed E-state index contributed by atoms with van der Waals surface area (Å²) >= 11 is 0. The Balaban J connectivity index is 1.46. The molecule has 2 saturated carbocycles. The summed E-state index contributed by atoms with van der Waals surface area (Å²) in [7, 11) is -3.64. The van der Waals surface area contributed by atoms with Crippen LogP contribution in [0.1, 0.15) is 44.1 Å². The molecule has 1 atom stereocenters. The zero-order valence-corrected chi connectivity index (χ0v) is 14.1. The summed E-state index contributed by atoms with van der Waals surface area (Å²) in [6.45, 7) is 0.583. The van der Waals surface area contributed by atoms with Crippen LogP contribution in [0, 0.1) is 11.3 Å². The summed E-state index contributed by atoms with van der Waals surface area (Å²) < 4.78 is 22.4. The van der Waals surface area contributed by atoms with Crippen LogP contribution in [-0.2, 0) is 21.2 Å². The molecule has 0 aliphatic heterocycles. The molecule has 0 heterocycles. The molecule has 1 amide bonds. The molecular weight excluding hydrogens is 312 g/mol. The zero-order valence-electron chi connectivity index (χ0n) is 13.3. The van der Waals surface area contributed by atoms with E-state index in [4.69, 9.17) is 5.14 Å². The SMILES string of the molecule is NS(=O)(=O)c1ccc(CCNC(=O)[C@H]2CC23CCCCC3)cc1. The molecule has 0 radical (unpaired) electrons. The average molecular weight is 336 g/mol. The Morgan fingerprint density at radius 2 is 1.83 bits per heavy atom. The van der Waals surface area contributed by atoms with Crippen molar-refractivity contribution in [2.45, 2.75) is 49.8 Å². The van der Waals surface area contributed by atoms with E-state index in [1.54, 1.807) is 12.1 Å². The number of benzene rings is 1. The maximum Gasteiger partial charge on any atom is 0.238 e. The van der Waals surface area contributed by atoms with Gasteiger partial charge in [0.1, 0.15) is 0 Å². The molecule has 6 heteroatoms. The van der Waals surface area contributed by atoms with E-state index < -0.39 is 10.0 Å². The van der Waals surface area contributed by atoms with E-state index in [9.17, 15) is 13.2 Å².